The number of amides is 1. The summed E-state index contributed by atoms with van der Waals surface area (Å²) in [6.45, 7) is 4.14. The van der Waals surface area contributed by atoms with Gasteiger partial charge in [0.2, 0.25) is 5.91 Å². The average Bonchev–Trinajstić information content (AvgIpc) is 2.59. The number of aryl methyl sites for hydroxylation is 2. The third kappa shape index (κ3) is 3.64. The van der Waals surface area contributed by atoms with Gasteiger partial charge >= 0.3 is 0 Å². The van der Waals surface area contributed by atoms with Crippen LogP contribution in [0.4, 0.5) is 11.4 Å². The van der Waals surface area contributed by atoms with E-state index in [0.29, 0.717) is 0 Å². The maximum Gasteiger partial charge on any atom is 0.234 e. The molecule has 120 valence electrons. The van der Waals surface area contributed by atoms with E-state index >= 15 is 0 Å². The second-order valence-corrected chi connectivity index (χ2v) is 6.68. The molecule has 2 heteroatoms. The quantitative estimate of drug-likeness (QED) is 0.728. The molecule has 0 bridgehead atoms. The predicted octanol–water partition coefficient (Wildman–Crippen LogP) is 5.55. The Morgan fingerprint density at radius 1 is 0.783 bits per heavy atom. The molecule has 1 saturated carbocycles. The second-order valence-electron chi connectivity index (χ2n) is 6.68. The van der Waals surface area contributed by atoms with Crippen LogP contribution in [0.3, 0.4) is 0 Å². The van der Waals surface area contributed by atoms with Crippen LogP contribution in [0.25, 0.3) is 0 Å². The average molecular weight is 307 g/mol. The van der Waals surface area contributed by atoms with Gasteiger partial charge in [-0.05, 0) is 51.0 Å². The van der Waals surface area contributed by atoms with Gasteiger partial charge in [0, 0.05) is 17.3 Å². The lowest BCUT2D eigenvalue weighted by Gasteiger charge is -2.29. The summed E-state index contributed by atoms with van der Waals surface area (Å²) in [5.74, 6) is 0.406. The van der Waals surface area contributed by atoms with E-state index in [1.54, 1.807) is 0 Å². The van der Waals surface area contributed by atoms with E-state index in [1.807, 2.05) is 4.90 Å². The van der Waals surface area contributed by atoms with Gasteiger partial charge < -0.3 is 0 Å². The van der Waals surface area contributed by atoms with Crippen LogP contribution in [-0.4, -0.2) is 5.91 Å². The van der Waals surface area contributed by atoms with Gasteiger partial charge in [-0.15, -0.1) is 0 Å². The fraction of sp³-hybridized carbons (Fsp3) is 0.381. The van der Waals surface area contributed by atoms with Crippen molar-refractivity contribution >= 4 is 17.3 Å². The summed E-state index contributed by atoms with van der Waals surface area (Å²) in [6.07, 6.45) is 5.65. The minimum atomic E-state index is 0.159. The summed E-state index contributed by atoms with van der Waals surface area (Å²) in [4.78, 5) is 15.1. The van der Waals surface area contributed by atoms with Crippen LogP contribution in [0.1, 0.15) is 43.2 Å². The molecule has 0 radical (unpaired) electrons. The second kappa shape index (κ2) is 6.99. The van der Waals surface area contributed by atoms with Crippen LogP contribution in [0.2, 0.25) is 0 Å². The van der Waals surface area contributed by atoms with Gasteiger partial charge in [0.15, 0.2) is 0 Å². The first-order valence-corrected chi connectivity index (χ1v) is 8.62. The SMILES string of the molecule is Cc1ccc(N(C(=O)C2CCCCC2)c2ccc(C)cc2)cc1. The Balaban J connectivity index is 1.96. The zero-order valence-corrected chi connectivity index (χ0v) is 14.1. The number of hydrogen-bond donors (Lipinski definition) is 0. The minimum absolute atomic E-state index is 0.159. The van der Waals surface area contributed by atoms with E-state index in [9.17, 15) is 4.79 Å². The lowest BCUT2D eigenvalue weighted by Crippen LogP contribution is -2.33. The fourth-order valence-corrected chi connectivity index (χ4v) is 3.32. The van der Waals surface area contributed by atoms with Crippen molar-refractivity contribution in [3.63, 3.8) is 0 Å². The zero-order valence-electron chi connectivity index (χ0n) is 14.1. The molecular formula is C21H25NO. The Labute approximate surface area is 139 Å². The molecule has 23 heavy (non-hydrogen) atoms. The molecule has 0 atom stereocenters. The van der Waals surface area contributed by atoms with Gasteiger partial charge in [0.25, 0.3) is 0 Å². The minimum Gasteiger partial charge on any atom is -0.281 e. The Kier molecular flexibility index (Phi) is 4.80. The first kappa shape index (κ1) is 15.8. The molecule has 2 aromatic carbocycles. The fourth-order valence-electron chi connectivity index (χ4n) is 3.32. The summed E-state index contributed by atoms with van der Waals surface area (Å²) >= 11 is 0. The molecule has 3 rings (SSSR count). The lowest BCUT2D eigenvalue weighted by molar-refractivity contribution is -0.122. The molecule has 2 nitrogen and oxygen atoms in total. The zero-order chi connectivity index (χ0) is 16.2. The normalized spacial score (nSPS) is 15.4. The molecule has 0 unspecified atom stereocenters. The molecule has 0 aromatic heterocycles. The van der Waals surface area contributed by atoms with Gasteiger partial charge in [-0.1, -0.05) is 54.7 Å². The van der Waals surface area contributed by atoms with Crippen molar-refractivity contribution in [3.8, 4) is 0 Å². The number of carbonyl (C=O) groups is 1. The standard InChI is InChI=1S/C21H25NO/c1-16-8-12-19(13-9-16)22(20-14-10-17(2)11-15-20)21(23)18-6-4-3-5-7-18/h8-15,18H,3-7H2,1-2H3. The van der Waals surface area contributed by atoms with E-state index in [0.717, 1.165) is 24.2 Å². The number of anilines is 2. The third-order valence-electron chi connectivity index (χ3n) is 4.76. The molecule has 1 fully saturated rings. The largest absolute Gasteiger partial charge is 0.281 e. The molecule has 1 amide bonds. The summed E-state index contributed by atoms with van der Waals surface area (Å²) in [5, 5.41) is 0. The molecule has 0 spiro atoms. The van der Waals surface area contributed by atoms with E-state index in [2.05, 4.69) is 62.4 Å². The third-order valence-corrected chi connectivity index (χ3v) is 4.76. The van der Waals surface area contributed by atoms with Crippen molar-refractivity contribution in [1.82, 2.24) is 0 Å². The molecular weight excluding hydrogens is 282 g/mol. The number of rotatable bonds is 3. The van der Waals surface area contributed by atoms with Crippen molar-refractivity contribution in [3.05, 3.63) is 59.7 Å². The summed E-state index contributed by atoms with van der Waals surface area (Å²) < 4.78 is 0. The smallest absolute Gasteiger partial charge is 0.234 e. The van der Waals surface area contributed by atoms with Gasteiger partial charge in [-0.3, -0.25) is 9.69 Å². The van der Waals surface area contributed by atoms with Crippen LogP contribution in [-0.2, 0) is 4.79 Å². The van der Waals surface area contributed by atoms with Gasteiger partial charge in [0.1, 0.15) is 0 Å². The van der Waals surface area contributed by atoms with Crippen molar-refractivity contribution < 1.29 is 4.79 Å². The van der Waals surface area contributed by atoms with E-state index in [1.165, 1.54) is 30.4 Å². The van der Waals surface area contributed by atoms with Crippen molar-refractivity contribution in [2.75, 3.05) is 4.90 Å². The number of benzene rings is 2. The van der Waals surface area contributed by atoms with Crippen LogP contribution in [0.5, 0.6) is 0 Å². The lowest BCUT2D eigenvalue weighted by atomic mass is 9.88. The summed E-state index contributed by atoms with van der Waals surface area (Å²) in [5.41, 5.74) is 4.36. The van der Waals surface area contributed by atoms with Crippen LogP contribution in [0, 0.1) is 19.8 Å². The number of carbonyl (C=O) groups excluding carboxylic acids is 1. The molecule has 2 aromatic rings. The predicted molar refractivity (Wildman–Crippen MR) is 96.1 cm³/mol. The van der Waals surface area contributed by atoms with Crippen molar-refractivity contribution in [2.45, 2.75) is 46.0 Å². The molecule has 1 aliphatic carbocycles. The van der Waals surface area contributed by atoms with Gasteiger partial charge in [-0.25, -0.2) is 0 Å². The van der Waals surface area contributed by atoms with Crippen LogP contribution < -0.4 is 4.90 Å². The maximum absolute atomic E-state index is 13.2. The summed E-state index contributed by atoms with van der Waals surface area (Å²) in [7, 11) is 0. The highest BCUT2D eigenvalue weighted by molar-refractivity contribution is 6.01. The van der Waals surface area contributed by atoms with E-state index in [-0.39, 0.29) is 11.8 Å². The molecule has 0 saturated heterocycles. The topological polar surface area (TPSA) is 20.3 Å². The van der Waals surface area contributed by atoms with E-state index in [4.69, 9.17) is 0 Å². The van der Waals surface area contributed by atoms with Crippen LogP contribution in [0.15, 0.2) is 48.5 Å². The van der Waals surface area contributed by atoms with Gasteiger partial charge in [-0.2, -0.15) is 0 Å². The highest BCUT2D eigenvalue weighted by Gasteiger charge is 2.27. The monoisotopic (exact) mass is 307 g/mol. The molecule has 0 heterocycles. The first-order valence-electron chi connectivity index (χ1n) is 8.62. The Bertz CT molecular complexity index is 606. The van der Waals surface area contributed by atoms with Crippen LogP contribution >= 0.6 is 0 Å². The summed E-state index contributed by atoms with van der Waals surface area (Å²) in [6, 6.07) is 16.5. The van der Waals surface area contributed by atoms with Gasteiger partial charge in [0.05, 0.1) is 0 Å². The van der Waals surface area contributed by atoms with Crippen molar-refractivity contribution in [1.29, 1.82) is 0 Å². The Morgan fingerprint density at radius 3 is 1.65 bits per heavy atom. The van der Waals surface area contributed by atoms with E-state index < -0.39 is 0 Å². The molecule has 0 aliphatic heterocycles. The first-order chi connectivity index (χ1) is 11.1. The Morgan fingerprint density at radius 2 is 1.22 bits per heavy atom. The maximum atomic E-state index is 13.2. The van der Waals surface area contributed by atoms with Crippen molar-refractivity contribution in [2.24, 2.45) is 5.92 Å². The molecule has 0 N–H and O–H groups in total. The molecule has 1 aliphatic rings. The number of hydrogen-bond acceptors (Lipinski definition) is 1. The number of nitrogens with zero attached hydrogens (tertiary/aromatic N) is 1. The Hall–Kier alpha value is -2.09. The highest BCUT2D eigenvalue weighted by Crippen LogP contribution is 2.32. The highest BCUT2D eigenvalue weighted by atomic mass is 16.2.